The highest BCUT2D eigenvalue weighted by Crippen LogP contribution is 2.36. The Labute approximate surface area is 141 Å². The summed E-state index contributed by atoms with van der Waals surface area (Å²) < 4.78 is 7.31. The van der Waals surface area contributed by atoms with Crippen molar-refractivity contribution in [3.05, 3.63) is 23.5 Å². The maximum atomic E-state index is 12.5. The molecule has 0 atom stereocenters. The minimum atomic E-state index is -0.324. The van der Waals surface area contributed by atoms with Crippen LogP contribution >= 0.6 is 0 Å². The largest absolute Gasteiger partial charge is 0.458 e. The standard InChI is InChI=1S/C18H24N4O2/c1-12(2)24-18(23)16-14-9-11-21(13-6-4-3-5-7-13)17(14)22-15(20-16)8-10-19-22/h8,10,12-13H,3-7,9,11H2,1-2H3. The minimum absolute atomic E-state index is 0.146. The lowest BCUT2D eigenvalue weighted by Gasteiger charge is -2.33. The quantitative estimate of drug-likeness (QED) is 0.811. The van der Waals surface area contributed by atoms with Crippen LogP contribution in [0.15, 0.2) is 12.3 Å². The van der Waals surface area contributed by atoms with Crippen LogP contribution in [0.25, 0.3) is 5.65 Å². The van der Waals surface area contributed by atoms with Crippen molar-refractivity contribution >= 4 is 17.4 Å². The highest BCUT2D eigenvalue weighted by Gasteiger charge is 2.34. The van der Waals surface area contributed by atoms with Gasteiger partial charge in [-0.3, -0.25) is 0 Å². The summed E-state index contributed by atoms with van der Waals surface area (Å²) >= 11 is 0. The fourth-order valence-electron chi connectivity index (χ4n) is 4.01. The number of fused-ring (bicyclic) bond motifs is 3. The second kappa shape index (κ2) is 6.07. The number of rotatable bonds is 3. The van der Waals surface area contributed by atoms with Crippen molar-refractivity contribution in [1.82, 2.24) is 14.6 Å². The number of anilines is 1. The first-order chi connectivity index (χ1) is 11.6. The third kappa shape index (κ3) is 2.54. The summed E-state index contributed by atoms with van der Waals surface area (Å²) in [7, 11) is 0. The van der Waals surface area contributed by atoms with Crippen molar-refractivity contribution in [2.24, 2.45) is 0 Å². The van der Waals surface area contributed by atoms with Crippen LogP contribution in [0.4, 0.5) is 5.82 Å². The summed E-state index contributed by atoms with van der Waals surface area (Å²) in [6.45, 7) is 4.66. The highest BCUT2D eigenvalue weighted by atomic mass is 16.5. The molecule has 1 fully saturated rings. The number of carbonyl (C=O) groups is 1. The van der Waals surface area contributed by atoms with Crippen molar-refractivity contribution < 1.29 is 9.53 Å². The highest BCUT2D eigenvalue weighted by molar-refractivity contribution is 5.92. The number of ether oxygens (including phenoxy) is 1. The third-order valence-corrected chi connectivity index (χ3v) is 5.03. The summed E-state index contributed by atoms with van der Waals surface area (Å²) in [6, 6.07) is 2.40. The van der Waals surface area contributed by atoms with E-state index in [9.17, 15) is 4.79 Å². The van der Waals surface area contributed by atoms with Crippen LogP contribution in [0.2, 0.25) is 0 Å². The normalized spacial score (nSPS) is 18.4. The van der Waals surface area contributed by atoms with Crippen LogP contribution < -0.4 is 4.90 Å². The fraction of sp³-hybridized carbons (Fsp3) is 0.611. The average Bonchev–Trinajstić information content (AvgIpc) is 3.20. The molecule has 3 heterocycles. The number of hydrogen-bond donors (Lipinski definition) is 0. The first-order valence-corrected chi connectivity index (χ1v) is 8.99. The molecular formula is C18H24N4O2. The van der Waals surface area contributed by atoms with Gasteiger partial charge in [0.05, 0.1) is 12.3 Å². The van der Waals surface area contributed by atoms with Crippen LogP contribution in [-0.4, -0.2) is 39.3 Å². The van der Waals surface area contributed by atoms with E-state index in [2.05, 4.69) is 15.0 Å². The topological polar surface area (TPSA) is 59.7 Å². The number of hydrogen-bond acceptors (Lipinski definition) is 5. The Balaban J connectivity index is 1.79. The Kier molecular flexibility index (Phi) is 3.90. The molecule has 0 saturated heterocycles. The zero-order valence-corrected chi connectivity index (χ0v) is 14.4. The molecule has 0 spiro atoms. The number of aromatic nitrogens is 3. The molecule has 2 aromatic rings. The SMILES string of the molecule is CC(C)OC(=O)c1nc2ccnn2c2c1CCN2C1CCCCC1. The number of esters is 1. The minimum Gasteiger partial charge on any atom is -0.458 e. The van der Waals surface area contributed by atoms with Crippen LogP contribution in [0.1, 0.15) is 62.0 Å². The molecule has 4 rings (SSSR count). The molecule has 0 unspecified atom stereocenters. The summed E-state index contributed by atoms with van der Waals surface area (Å²) in [5.41, 5.74) is 2.17. The predicted molar refractivity (Wildman–Crippen MR) is 91.5 cm³/mol. The molecule has 128 valence electrons. The van der Waals surface area contributed by atoms with Crippen molar-refractivity contribution in [2.45, 2.75) is 64.5 Å². The molecule has 0 N–H and O–H groups in total. The van der Waals surface area contributed by atoms with E-state index in [-0.39, 0.29) is 12.1 Å². The van der Waals surface area contributed by atoms with Gasteiger partial charge in [0.15, 0.2) is 11.3 Å². The van der Waals surface area contributed by atoms with Gasteiger partial charge >= 0.3 is 5.97 Å². The van der Waals surface area contributed by atoms with E-state index in [1.165, 1.54) is 32.1 Å². The third-order valence-electron chi connectivity index (χ3n) is 5.03. The van der Waals surface area contributed by atoms with Crippen molar-refractivity contribution in [1.29, 1.82) is 0 Å². The van der Waals surface area contributed by atoms with Crippen LogP contribution in [-0.2, 0) is 11.2 Å². The van der Waals surface area contributed by atoms with E-state index < -0.39 is 0 Å². The maximum absolute atomic E-state index is 12.5. The Bertz CT molecular complexity index is 762. The Morgan fingerprint density at radius 3 is 2.83 bits per heavy atom. The molecule has 0 aromatic carbocycles. The molecule has 0 amide bonds. The molecule has 1 saturated carbocycles. The second-order valence-electron chi connectivity index (χ2n) is 7.05. The van der Waals surface area contributed by atoms with Crippen molar-refractivity contribution in [3.8, 4) is 0 Å². The summed E-state index contributed by atoms with van der Waals surface area (Å²) in [6.07, 6.45) is 8.77. The smallest absolute Gasteiger partial charge is 0.357 e. The van der Waals surface area contributed by atoms with Gasteiger partial charge in [-0.1, -0.05) is 19.3 Å². The first kappa shape index (κ1) is 15.4. The monoisotopic (exact) mass is 328 g/mol. The van der Waals surface area contributed by atoms with Gasteiger partial charge in [-0.15, -0.1) is 0 Å². The maximum Gasteiger partial charge on any atom is 0.357 e. The van der Waals surface area contributed by atoms with E-state index >= 15 is 0 Å². The molecular weight excluding hydrogens is 304 g/mol. The van der Waals surface area contributed by atoms with E-state index in [4.69, 9.17) is 4.74 Å². The lowest BCUT2D eigenvalue weighted by Crippen LogP contribution is -2.36. The predicted octanol–water partition coefficient (Wildman–Crippen LogP) is 2.99. The Morgan fingerprint density at radius 2 is 2.08 bits per heavy atom. The zero-order chi connectivity index (χ0) is 16.7. The van der Waals surface area contributed by atoms with Crippen LogP contribution in [0.5, 0.6) is 0 Å². The Hall–Kier alpha value is -2.11. The molecule has 0 radical (unpaired) electrons. The molecule has 2 aliphatic rings. The molecule has 6 nitrogen and oxygen atoms in total. The van der Waals surface area contributed by atoms with E-state index in [0.717, 1.165) is 24.3 Å². The molecule has 0 bridgehead atoms. The number of carbonyl (C=O) groups excluding carboxylic acids is 1. The summed E-state index contributed by atoms with van der Waals surface area (Å²) in [4.78, 5) is 19.5. The second-order valence-corrected chi connectivity index (χ2v) is 7.05. The van der Waals surface area contributed by atoms with E-state index in [0.29, 0.717) is 17.4 Å². The van der Waals surface area contributed by atoms with Gasteiger partial charge in [-0.2, -0.15) is 9.61 Å². The zero-order valence-electron chi connectivity index (χ0n) is 14.4. The summed E-state index contributed by atoms with van der Waals surface area (Å²) in [5.74, 6) is 0.725. The molecule has 1 aliphatic carbocycles. The summed E-state index contributed by atoms with van der Waals surface area (Å²) in [5, 5.41) is 4.46. The lowest BCUT2D eigenvalue weighted by atomic mass is 9.94. The average molecular weight is 328 g/mol. The molecule has 6 heteroatoms. The molecule has 2 aromatic heterocycles. The van der Waals surface area contributed by atoms with E-state index in [1.807, 2.05) is 24.4 Å². The van der Waals surface area contributed by atoms with Gasteiger partial charge in [-0.25, -0.2) is 9.78 Å². The van der Waals surface area contributed by atoms with Gasteiger partial charge in [-0.05, 0) is 33.1 Å². The van der Waals surface area contributed by atoms with Gasteiger partial charge in [0, 0.05) is 24.2 Å². The van der Waals surface area contributed by atoms with E-state index in [1.54, 1.807) is 6.20 Å². The molecule has 24 heavy (non-hydrogen) atoms. The van der Waals surface area contributed by atoms with Crippen LogP contribution in [0, 0.1) is 0 Å². The molecule has 1 aliphatic heterocycles. The number of nitrogens with zero attached hydrogens (tertiary/aromatic N) is 4. The van der Waals surface area contributed by atoms with Gasteiger partial charge in [0.2, 0.25) is 0 Å². The fourth-order valence-corrected chi connectivity index (χ4v) is 4.01. The first-order valence-electron chi connectivity index (χ1n) is 8.99. The van der Waals surface area contributed by atoms with Gasteiger partial charge in [0.25, 0.3) is 0 Å². The van der Waals surface area contributed by atoms with Gasteiger partial charge < -0.3 is 9.64 Å². The van der Waals surface area contributed by atoms with Crippen LogP contribution in [0.3, 0.4) is 0 Å². The van der Waals surface area contributed by atoms with Crippen molar-refractivity contribution in [2.75, 3.05) is 11.4 Å². The lowest BCUT2D eigenvalue weighted by molar-refractivity contribution is 0.0370. The Morgan fingerprint density at radius 1 is 1.29 bits per heavy atom. The van der Waals surface area contributed by atoms with Gasteiger partial charge in [0.1, 0.15) is 5.82 Å². The van der Waals surface area contributed by atoms with Crippen molar-refractivity contribution in [3.63, 3.8) is 0 Å².